The maximum absolute atomic E-state index is 12.2. The van der Waals surface area contributed by atoms with Crippen molar-refractivity contribution in [3.63, 3.8) is 0 Å². The minimum Gasteiger partial charge on any atom is -0.490 e. The maximum Gasteiger partial charge on any atom is 0.271 e. The highest BCUT2D eigenvalue weighted by Crippen LogP contribution is 2.30. The number of hydrogen-bond acceptors (Lipinski definition) is 5. The largest absolute Gasteiger partial charge is 0.490 e. The van der Waals surface area contributed by atoms with Crippen LogP contribution in [0.1, 0.15) is 34.0 Å². The molecule has 0 aliphatic rings. The van der Waals surface area contributed by atoms with Crippen molar-refractivity contribution >= 4 is 23.7 Å². The summed E-state index contributed by atoms with van der Waals surface area (Å²) in [6.45, 7) is 3.18. The van der Waals surface area contributed by atoms with Crippen LogP contribution in [0.15, 0.2) is 102 Å². The molecular formula is C30H27ClN2O4. The lowest BCUT2D eigenvalue weighted by molar-refractivity contribution is 0.0955. The number of amides is 1. The number of nitrogens with one attached hydrogen (secondary N) is 1. The third-order valence-corrected chi connectivity index (χ3v) is 5.55. The average molecular weight is 515 g/mol. The van der Waals surface area contributed by atoms with E-state index in [1.165, 1.54) is 6.21 Å². The number of rotatable bonds is 11. The van der Waals surface area contributed by atoms with E-state index in [2.05, 4.69) is 10.5 Å². The molecule has 0 aliphatic carbocycles. The molecule has 0 saturated heterocycles. The van der Waals surface area contributed by atoms with Crippen LogP contribution in [0.25, 0.3) is 0 Å². The second-order valence-corrected chi connectivity index (χ2v) is 8.46. The molecule has 1 N–H and O–H groups in total. The molecule has 0 spiro atoms. The molecule has 0 atom stereocenters. The molecule has 0 unspecified atom stereocenters. The SMILES string of the molecule is CCOc1cc(COc2ccc(Cl)cc2/C=N/NC(=O)c2ccccc2)ccc1OCc1ccccc1. The lowest BCUT2D eigenvalue weighted by Gasteiger charge is -2.14. The van der Waals surface area contributed by atoms with Gasteiger partial charge in [-0.25, -0.2) is 5.43 Å². The van der Waals surface area contributed by atoms with Crippen LogP contribution in [-0.4, -0.2) is 18.7 Å². The summed E-state index contributed by atoms with van der Waals surface area (Å²) in [7, 11) is 0. The van der Waals surface area contributed by atoms with Gasteiger partial charge in [-0.2, -0.15) is 5.10 Å². The maximum atomic E-state index is 12.2. The second kappa shape index (κ2) is 13.1. The minimum atomic E-state index is -0.306. The van der Waals surface area contributed by atoms with E-state index in [4.69, 9.17) is 25.8 Å². The zero-order valence-corrected chi connectivity index (χ0v) is 21.2. The fraction of sp³-hybridized carbons (Fsp3) is 0.133. The molecule has 1 amide bonds. The first kappa shape index (κ1) is 25.8. The molecular weight excluding hydrogens is 488 g/mol. The van der Waals surface area contributed by atoms with Crippen molar-refractivity contribution in [3.05, 3.63) is 124 Å². The van der Waals surface area contributed by atoms with Crippen LogP contribution in [-0.2, 0) is 13.2 Å². The van der Waals surface area contributed by atoms with Crippen molar-refractivity contribution in [2.45, 2.75) is 20.1 Å². The number of ether oxygens (including phenoxy) is 3. The van der Waals surface area contributed by atoms with Gasteiger partial charge in [0.15, 0.2) is 11.5 Å². The first-order valence-electron chi connectivity index (χ1n) is 11.9. The molecule has 188 valence electrons. The Bertz CT molecular complexity index is 1340. The van der Waals surface area contributed by atoms with Gasteiger partial charge < -0.3 is 14.2 Å². The normalized spacial score (nSPS) is 10.8. The summed E-state index contributed by atoms with van der Waals surface area (Å²) < 4.78 is 17.9. The van der Waals surface area contributed by atoms with Gasteiger partial charge >= 0.3 is 0 Å². The van der Waals surface area contributed by atoms with Gasteiger partial charge in [-0.1, -0.05) is 66.2 Å². The highest BCUT2D eigenvalue weighted by atomic mass is 35.5. The van der Waals surface area contributed by atoms with E-state index in [-0.39, 0.29) is 12.5 Å². The van der Waals surface area contributed by atoms with Gasteiger partial charge in [-0.15, -0.1) is 0 Å². The molecule has 4 aromatic carbocycles. The van der Waals surface area contributed by atoms with Crippen LogP contribution in [0, 0.1) is 0 Å². The Labute approximate surface area is 221 Å². The van der Waals surface area contributed by atoms with Crippen LogP contribution < -0.4 is 19.6 Å². The highest BCUT2D eigenvalue weighted by Gasteiger charge is 2.10. The lowest BCUT2D eigenvalue weighted by Crippen LogP contribution is -2.17. The van der Waals surface area contributed by atoms with E-state index < -0.39 is 0 Å². The predicted molar refractivity (Wildman–Crippen MR) is 146 cm³/mol. The van der Waals surface area contributed by atoms with Crippen LogP contribution in [0.4, 0.5) is 0 Å². The van der Waals surface area contributed by atoms with E-state index in [1.807, 2.05) is 61.5 Å². The highest BCUT2D eigenvalue weighted by molar-refractivity contribution is 6.30. The molecule has 37 heavy (non-hydrogen) atoms. The van der Waals surface area contributed by atoms with Gasteiger partial charge in [0.25, 0.3) is 5.91 Å². The summed E-state index contributed by atoms with van der Waals surface area (Å²) in [6, 6.07) is 29.8. The number of benzene rings is 4. The van der Waals surface area contributed by atoms with E-state index in [0.717, 1.165) is 11.1 Å². The summed E-state index contributed by atoms with van der Waals surface area (Å²) in [6.07, 6.45) is 1.51. The lowest BCUT2D eigenvalue weighted by atomic mass is 10.2. The van der Waals surface area contributed by atoms with Crippen molar-refractivity contribution in [3.8, 4) is 17.2 Å². The molecule has 0 aromatic heterocycles. The van der Waals surface area contributed by atoms with Gasteiger partial charge in [0.1, 0.15) is 19.0 Å². The molecule has 0 radical (unpaired) electrons. The van der Waals surface area contributed by atoms with Crippen molar-refractivity contribution in [2.24, 2.45) is 5.10 Å². The number of nitrogens with zero attached hydrogens (tertiary/aromatic N) is 1. The Morgan fingerprint density at radius 3 is 2.22 bits per heavy atom. The summed E-state index contributed by atoms with van der Waals surface area (Å²) in [5.74, 6) is 1.59. The quantitative estimate of drug-likeness (QED) is 0.179. The van der Waals surface area contributed by atoms with Crippen LogP contribution in [0.3, 0.4) is 0 Å². The van der Waals surface area contributed by atoms with Gasteiger partial charge in [0.05, 0.1) is 12.8 Å². The number of carbonyl (C=O) groups is 1. The van der Waals surface area contributed by atoms with Crippen molar-refractivity contribution in [1.29, 1.82) is 0 Å². The fourth-order valence-corrected chi connectivity index (χ4v) is 3.67. The molecule has 0 saturated carbocycles. The average Bonchev–Trinajstić information content (AvgIpc) is 2.93. The predicted octanol–water partition coefficient (Wildman–Crippen LogP) is 6.66. The van der Waals surface area contributed by atoms with Crippen LogP contribution >= 0.6 is 11.6 Å². The Morgan fingerprint density at radius 2 is 1.46 bits per heavy atom. The molecule has 4 aromatic rings. The van der Waals surface area contributed by atoms with Crippen molar-refractivity contribution in [2.75, 3.05) is 6.61 Å². The van der Waals surface area contributed by atoms with Gasteiger partial charge in [-0.3, -0.25) is 4.79 Å². The minimum absolute atomic E-state index is 0.290. The molecule has 6 nitrogen and oxygen atoms in total. The third kappa shape index (κ3) is 7.59. The monoisotopic (exact) mass is 514 g/mol. The summed E-state index contributed by atoms with van der Waals surface area (Å²) in [5.41, 5.74) is 5.66. The topological polar surface area (TPSA) is 69.2 Å². The Hall–Kier alpha value is -4.29. The van der Waals surface area contributed by atoms with Gasteiger partial charge in [0.2, 0.25) is 0 Å². The first-order valence-corrected chi connectivity index (χ1v) is 12.2. The zero-order chi connectivity index (χ0) is 25.9. The van der Waals surface area contributed by atoms with Crippen molar-refractivity contribution in [1.82, 2.24) is 5.43 Å². The number of hydrogen-bond donors (Lipinski definition) is 1. The number of hydrazone groups is 1. The molecule has 0 aliphatic heterocycles. The summed E-state index contributed by atoms with van der Waals surface area (Å²) >= 11 is 6.18. The summed E-state index contributed by atoms with van der Waals surface area (Å²) in [5, 5.41) is 4.60. The molecule has 7 heteroatoms. The summed E-state index contributed by atoms with van der Waals surface area (Å²) in [4.78, 5) is 12.2. The number of halogens is 1. The van der Waals surface area contributed by atoms with Crippen LogP contribution in [0.2, 0.25) is 5.02 Å². The molecule has 0 bridgehead atoms. The second-order valence-electron chi connectivity index (χ2n) is 8.02. The zero-order valence-electron chi connectivity index (χ0n) is 20.4. The smallest absolute Gasteiger partial charge is 0.271 e. The standard InChI is InChI=1S/C30H27ClN2O4/c1-2-35-29-17-23(13-15-28(29)37-20-22-9-5-3-6-10-22)21-36-27-16-14-26(31)18-25(27)19-32-33-30(34)24-11-7-4-8-12-24/h3-19H,2,20-21H2,1H3,(H,33,34)/b32-19+. The molecule has 0 heterocycles. The fourth-order valence-electron chi connectivity index (χ4n) is 3.49. The Kier molecular flexibility index (Phi) is 9.16. The molecule has 0 fully saturated rings. The van der Waals surface area contributed by atoms with Gasteiger partial charge in [0, 0.05) is 16.1 Å². The van der Waals surface area contributed by atoms with Gasteiger partial charge in [-0.05, 0) is 60.5 Å². The Balaban J connectivity index is 1.42. The van der Waals surface area contributed by atoms with E-state index in [9.17, 15) is 4.79 Å². The van der Waals surface area contributed by atoms with E-state index >= 15 is 0 Å². The van der Waals surface area contributed by atoms with E-state index in [1.54, 1.807) is 42.5 Å². The Morgan fingerprint density at radius 1 is 0.784 bits per heavy atom. The number of carbonyl (C=O) groups excluding carboxylic acids is 1. The first-order chi connectivity index (χ1) is 18.1. The molecule has 4 rings (SSSR count). The van der Waals surface area contributed by atoms with E-state index in [0.29, 0.717) is 46.6 Å². The van der Waals surface area contributed by atoms with Crippen molar-refractivity contribution < 1.29 is 19.0 Å². The van der Waals surface area contributed by atoms with Crippen LogP contribution in [0.5, 0.6) is 17.2 Å². The third-order valence-electron chi connectivity index (χ3n) is 5.32.